The first-order chi connectivity index (χ1) is 14.4. The van der Waals surface area contributed by atoms with Gasteiger partial charge in [-0.05, 0) is 31.0 Å². The van der Waals surface area contributed by atoms with Crippen LogP contribution < -0.4 is 5.32 Å². The molecule has 1 N–H and O–H groups in total. The zero-order chi connectivity index (χ0) is 21.6. The molecular formula is C19H25F2N5O3S. The van der Waals surface area contributed by atoms with Crippen LogP contribution >= 0.6 is 0 Å². The Balaban J connectivity index is 1.57. The van der Waals surface area contributed by atoms with Gasteiger partial charge in [0.1, 0.15) is 23.7 Å². The van der Waals surface area contributed by atoms with Crippen LogP contribution in [0.1, 0.15) is 18.2 Å². The first kappa shape index (κ1) is 22.2. The highest BCUT2D eigenvalue weighted by molar-refractivity contribution is 7.88. The summed E-state index contributed by atoms with van der Waals surface area (Å²) in [7, 11) is -3.48. The lowest BCUT2D eigenvalue weighted by Crippen LogP contribution is -2.54. The van der Waals surface area contributed by atoms with Gasteiger partial charge >= 0.3 is 0 Å². The summed E-state index contributed by atoms with van der Waals surface area (Å²) in [4.78, 5) is 6.52. The number of halogens is 2. The number of guanidine groups is 1. The van der Waals surface area contributed by atoms with E-state index in [0.29, 0.717) is 62.9 Å². The van der Waals surface area contributed by atoms with Gasteiger partial charge in [-0.15, -0.1) is 0 Å². The van der Waals surface area contributed by atoms with Crippen molar-refractivity contribution in [1.82, 2.24) is 19.7 Å². The molecule has 2 aromatic rings. The summed E-state index contributed by atoms with van der Waals surface area (Å²) in [6, 6.07) is 4.97. The van der Waals surface area contributed by atoms with Crippen LogP contribution in [0.15, 0.2) is 40.0 Å². The van der Waals surface area contributed by atoms with Crippen LogP contribution in [0.2, 0.25) is 0 Å². The van der Waals surface area contributed by atoms with Crippen LogP contribution in [0.25, 0.3) is 0 Å². The number of rotatable bonds is 7. The maximum atomic E-state index is 13.3. The van der Waals surface area contributed by atoms with Crippen molar-refractivity contribution in [3.63, 3.8) is 0 Å². The monoisotopic (exact) mass is 441 g/mol. The van der Waals surface area contributed by atoms with E-state index >= 15 is 0 Å². The standard InChI is InChI=1S/C19H25F2N5O3S/c1-2-22-19(23-5-3-15-11-16(20)13-17(21)12-15)25-6-8-26(9-7-25)30(27,28)14-18-4-10-29-24-18/h4,10-13H,2-3,5-9,14H2,1H3,(H,22,23). The van der Waals surface area contributed by atoms with Gasteiger partial charge in [-0.25, -0.2) is 17.2 Å². The molecule has 0 bridgehead atoms. The minimum Gasteiger partial charge on any atom is -0.364 e. The van der Waals surface area contributed by atoms with Crippen molar-refractivity contribution in [2.24, 2.45) is 4.99 Å². The number of hydrogen-bond donors (Lipinski definition) is 1. The zero-order valence-corrected chi connectivity index (χ0v) is 17.5. The lowest BCUT2D eigenvalue weighted by atomic mass is 10.1. The van der Waals surface area contributed by atoms with Crippen LogP contribution in [0.3, 0.4) is 0 Å². The van der Waals surface area contributed by atoms with E-state index in [1.165, 1.54) is 28.8 Å². The van der Waals surface area contributed by atoms with Gasteiger partial charge in [0.15, 0.2) is 5.96 Å². The smallest absolute Gasteiger partial charge is 0.220 e. The van der Waals surface area contributed by atoms with Gasteiger partial charge in [0, 0.05) is 51.4 Å². The predicted octanol–water partition coefficient (Wildman–Crippen LogP) is 1.61. The molecule has 1 aromatic carbocycles. The highest BCUT2D eigenvalue weighted by Gasteiger charge is 2.28. The molecule has 164 valence electrons. The molecule has 1 aliphatic heterocycles. The number of nitrogens with zero attached hydrogens (tertiary/aromatic N) is 4. The quantitative estimate of drug-likeness (QED) is 0.519. The van der Waals surface area contributed by atoms with Crippen molar-refractivity contribution >= 4 is 16.0 Å². The topological polar surface area (TPSA) is 91.0 Å². The molecule has 0 saturated carbocycles. The highest BCUT2D eigenvalue weighted by Crippen LogP contribution is 2.13. The van der Waals surface area contributed by atoms with Crippen LogP contribution in [0, 0.1) is 11.6 Å². The summed E-state index contributed by atoms with van der Waals surface area (Å²) < 4.78 is 57.9. The Labute approximate surface area is 174 Å². The van der Waals surface area contributed by atoms with Crippen molar-refractivity contribution in [3.8, 4) is 0 Å². The Morgan fingerprint density at radius 2 is 1.90 bits per heavy atom. The molecule has 8 nitrogen and oxygen atoms in total. The highest BCUT2D eigenvalue weighted by atomic mass is 32.2. The Hall–Kier alpha value is -2.53. The third-order valence-electron chi connectivity index (χ3n) is 4.67. The maximum absolute atomic E-state index is 13.3. The van der Waals surface area contributed by atoms with Crippen LogP contribution in [0.4, 0.5) is 8.78 Å². The SMILES string of the molecule is CCNC(=NCCc1cc(F)cc(F)c1)N1CCN(S(=O)(=O)Cc2ccon2)CC1. The van der Waals surface area contributed by atoms with E-state index in [4.69, 9.17) is 4.52 Å². The minimum absolute atomic E-state index is 0.193. The lowest BCUT2D eigenvalue weighted by Gasteiger charge is -2.35. The molecule has 11 heteroatoms. The molecule has 0 spiro atoms. The number of hydrogen-bond acceptors (Lipinski definition) is 5. The van der Waals surface area contributed by atoms with Crippen LogP contribution in [-0.4, -0.2) is 68.0 Å². The second-order valence-electron chi connectivity index (χ2n) is 6.90. The Morgan fingerprint density at radius 1 is 1.20 bits per heavy atom. The van der Waals surface area contributed by atoms with Gasteiger partial charge in [0.05, 0.1) is 5.69 Å². The molecule has 0 unspecified atom stereocenters. The summed E-state index contributed by atoms with van der Waals surface area (Å²) >= 11 is 0. The van der Waals surface area contributed by atoms with E-state index in [-0.39, 0.29) is 5.75 Å². The molecule has 0 radical (unpaired) electrons. The van der Waals surface area contributed by atoms with Crippen molar-refractivity contribution in [1.29, 1.82) is 0 Å². The Kier molecular flexibility index (Phi) is 7.38. The first-order valence-electron chi connectivity index (χ1n) is 9.72. The van der Waals surface area contributed by atoms with Crippen molar-refractivity contribution in [2.45, 2.75) is 19.1 Å². The summed E-state index contributed by atoms with van der Waals surface area (Å²) in [6.45, 7) is 4.58. The minimum atomic E-state index is -3.48. The summed E-state index contributed by atoms with van der Waals surface area (Å²) in [5, 5.41) is 6.85. The normalized spacial score (nSPS) is 16.1. The molecule has 30 heavy (non-hydrogen) atoms. The van der Waals surface area contributed by atoms with E-state index in [0.717, 1.165) is 6.07 Å². The van der Waals surface area contributed by atoms with Crippen molar-refractivity contribution < 1.29 is 21.7 Å². The van der Waals surface area contributed by atoms with Crippen LogP contribution in [-0.2, 0) is 22.2 Å². The van der Waals surface area contributed by atoms with Gasteiger partial charge in [-0.2, -0.15) is 4.31 Å². The number of benzene rings is 1. The molecule has 0 atom stereocenters. The van der Waals surface area contributed by atoms with E-state index in [9.17, 15) is 17.2 Å². The molecule has 1 fully saturated rings. The molecule has 1 saturated heterocycles. The van der Waals surface area contributed by atoms with E-state index < -0.39 is 21.7 Å². The largest absolute Gasteiger partial charge is 0.364 e. The summed E-state index contributed by atoms with van der Waals surface area (Å²) in [6.07, 6.45) is 1.75. The molecule has 0 aliphatic carbocycles. The first-order valence-corrected chi connectivity index (χ1v) is 11.3. The third kappa shape index (κ3) is 5.99. The zero-order valence-electron chi connectivity index (χ0n) is 16.7. The number of aromatic nitrogens is 1. The second kappa shape index (κ2) is 9.98. The van der Waals surface area contributed by atoms with Gasteiger partial charge in [0.2, 0.25) is 10.0 Å². The fourth-order valence-corrected chi connectivity index (χ4v) is 4.67. The van der Waals surface area contributed by atoms with Crippen LogP contribution in [0.5, 0.6) is 0 Å². The Morgan fingerprint density at radius 3 is 2.50 bits per heavy atom. The van der Waals surface area contributed by atoms with Gasteiger partial charge in [-0.3, -0.25) is 4.99 Å². The molecule has 1 aliphatic rings. The molecular weight excluding hydrogens is 416 g/mol. The van der Waals surface area contributed by atoms with Gasteiger partial charge in [0.25, 0.3) is 0 Å². The average molecular weight is 442 g/mol. The maximum Gasteiger partial charge on any atom is 0.220 e. The van der Waals surface area contributed by atoms with Crippen molar-refractivity contribution in [3.05, 3.63) is 53.4 Å². The average Bonchev–Trinajstić information content (AvgIpc) is 3.19. The van der Waals surface area contributed by atoms with Crippen molar-refractivity contribution in [2.75, 3.05) is 39.3 Å². The fraction of sp³-hybridized carbons (Fsp3) is 0.474. The van der Waals surface area contributed by atoms with E-state index in [1.54, 1.807) is 0 Å². The van der Waals surface area contributed by atoms with Gasteiger partial charge < -0.3 is 14.7 Å². The number of nitrogens with one attached hydrogen (secondary N) is 1. The molecule has 0 amide bonds. The lowest BCUT2D eigenvalue weighted by molar-refractivity contribution is 0.260. The number of aliphatic imine (C=N–C) groups is 1. The number of piperazine rings is 1. The Bertz CT molecular complexity index is 938. The van der Waals surface area contributed by atoms with E-state index in [1.807, 2.05) is 11.8 Å². The van der Waals surface area contributed by atoms with E-state index in [2.05, 4.69) is 15.5 Å². The fourth-order valence-electron chi connectivity index (χ4n) is 3.24. The molecule has 1 aromatic heterocycles. The summed E-state index contributed by atoms with van der Waals surface area (Å²) in [5.74, 6) is -0.752. The molecule has 3 rings (SSSR count). The molecule has 2 heterocycles. The second-order valence-corrected chi connectivity index (χ2v) is 8.87. The van der Waals surface area contributed by atoms with Gasteiger partial charge in [-0.1, -0.05) is 5.16 Å². The number of sulfonamides is 1. The third-order valence-corrected chi connectivity index (χ3v) is 6.48. The predicted molar refractivity (Wildman–Crippen MR) is 108 cm³/mol. The summed E-state index contributed by atoms with van der Waals surface area (Å²) in [5.41, 5.74) is 0.914.